The first kappa shape index (κ1) is 22.0. The number of carbonyl (C=O) groups is 1. The molecule has 0 aliphatic carbocycles. The molecular weight excluding hydrogens is 458 g/mol. The first-order valence-corrected chi connectivity index (χ1v) is 11.8. The van der Waals surface area contributed by atoms with E-state index in [4.69, 9.17) is 9.72 Å². The standard InChI is InChI=1S/C26H23N7O3/c27-12-17-4-5-21-22(11-17)32(15-29-21)26-28-13-23-24(30-26)33(20-6-8-36-9-7-20)16-31(23)14-18-2-1-3-19(10-18)25(34)35/h1-5,10-11,13,15,20H,6-9,14,16H2,(H,34,35). The quantitative estimate of drug-likeness (QED) is 0.457. The number of aromatic carboxylic acids is 1. The van der Waals surface area contributed by atoms with E-state index in [9.17, 15) is 15.2 Å². The second-order valence-electron chi connectivity index (χ2n) is 8.97. The molecule has 4 aromatic rings. The van der Waals surface area contributed by atoms with Gasteiger partial charge in [0.15, 0.2) is 5.82 Å². The van der Waals surface area contributed by atoms with Crippen molar-refractivity contribution >= 4 is 28.5 Å². The number of ether oxygens (including phenoxy) is 1. The molecule has 2 aliphatic rings. The molecule has 0 atom stereocenters. The molecule has 1 N–H and O–H groups in total. The first-order valence-electron chi connectivity index (χ1n) is 11.8. The highest BCUT2D eigenvalue weighted by molar-refractivity contribution is 5.87. The average molecular weight is 482 g/mol. The Kier molecular flexibility index (Phi) is 5.47. The van der Waals surface area contributed by atoms with Gasteiger partial charge in [-0.3, -0.25) is 4.57 Å². The van der Waals surface area contributed by atoms with Crippen LogP contribution >= 0.6 is 0 Å². The number of aromatic nitrogens is 4. The number of hydrogen-bond donors (Lipinski definition) is 1. The Morgan fingerprint density at radius 3 is 2.83 bits per heavy atom. The Morgan fingerprint density at radius 2 is 2.03 bits per heavy atom. The van der Waals surface area contributed by atoms with Crippen LogP contribution in [0.15, 0.2) is 55.0 Å². The normalized spacial score (nSPS) is 15.8. The number of fused-ring (bicyclic) bond motifs is 2. The van der Waals surface area contributed by atoms with E-state index < -0.39 is 5.97 Å². The summed E-state index contributed by atoms with van der Waals surface area (Å²) in [7, 11) is 0. The third kappa shape index (κ3) is 3.89. The van der Waals surface area contributed by atoms with Crippen LogP contribution in [-0.2, 0) is 11.3 Å². The van der Waals surface area contributed by atoms with E-state index in [1.807, 2.05) is 18.3 Å². The molecule has 1 saturated heterocycles. The summed E-state index contributed by atoms with van der Waals surface area (Å²) in [6, 6.07) is 14.8. The zero-order valence-corrected chi connectivity index (χ0v) is 19.4. The molecule has 180 valence electrons. The molecule has 0 radical (unpaired) electrons. The summed E-state index contributed by atoms with van der Waals surface area (Å²) in [6.45, 7) is 2.57. The predicted molar refractivity (Wildman–Crippen MR) is 132 cm³/mol. The second-order valence-corrected chi connectivity index (χ2v) is 8.97. The van der Waals surface area contributed by atoms with E-state index in [-0.39, 0.29) is 11.6 Å². The van der Waals surface area contributed by atoms with Gasteiger partial charge < -0.3 is 19.6 Å². The summed E-state index contributed by atoms with van der Waals surface area (Å²) in [5.74, 6) is 0.375. The smallest absolute Gasteiger partial charge is 0.335 e. The van der Waals surface area contributed by atoms with E-state index in [0.717, 1.165) is 40.9 Å². The van der Waals surface area contributed by atoms with Gasteiger partial charge in [0, 0.05) is 25.8 Å². The number of rotatable bonds is 5. The number of carboxylic acid groups (broad SMARTS) is 1. The van der Waals surface area contributed by atoms with Gasteiger partial charge in [0.05, 0.1) is 41.1 Å². The Labute approximate surface area is 207 Å². The summed E-state index contributed by atoms with van der Waals surface area (Å²) in [5.41, 5.74) is 4.15. The zero-order valence-electron chi connectivity index (χ0n) is 19.4. The summed E-state index contributed by atoms with van der Waals surface area (Å²) < 4.78 is 7.39. The average Bonchev–Trinajstić information content (AvgIpc) is 3.50. The first-order chi connectivity index (χ1) is 17.6. The van der Waals surface area contributed by atoms with E-state index in [1.54, 1.807) is 41.2 Å². The predicted octanol–water partition coefficient (Wildman–Crippen LogP) is 3.35. The molecule has 10 heteroatoms. The summed E-state index contributed by atoms with van der Waals surface area (Å²) in [5, 5.41) is 18.7. The number of carboxylic acids is 1. The lowest BCUT2D eigenvalue weighted by molar-refractivity contribution is 0.0696. The fourth-order valence-corrected chi connectivity index (χ4v) is 4.92. The Bertz CT molecular complexity index is 1500. The number of hydrogen-bond acceptors (Lipinski definition) is 8. The lowest BCUT2D eigenvalue weighted by Gasteiger charge is -2.32. The van der Waals surface area contributed by atoms with E-state index >= 15 is 0 Å². The number of anilines is 2. The second kappa shape index (κ2) is 8.94. The molecule has 0 amide bonds. The number of nitriles is 1. The van der Waals surface area contributed by atoms with Gasteiger partial charge in [-0.05, 0) is 48.7 Å². The highest BCUT2D eigenvalue weighted by Gasteiger charge is 2.34. The van der Waals surface area contributed by atoms with Crippen molar-refractivity contribution in [3.8, 4) is 12.0 Å². The van der Waals surface area contributed by atoms with E-state index in [0.29, 0.717) is 37.9 Å². The van der Waals surface area contributed by atoms with Crippen LogP contribution in [0.5, 0.6) is 0 Å². The highest BCUT2D eigenvalue weighted by atomic mass is 16.5. The van der Waals surface area contributed by atoms with Crippen LogP contribution in [0.2, 0.25) is 0 Å². The molecule has 0 unspecified atom stereocenters. The maximum absolute atomic E-state index is 11.5. The molecule has 0 saturated carbocycles. The highest BCUT2D eigenvalue weighted by Crippen LogP contribution is 2.38. The van der Waals surface area contributed by atoms with Crippen LogP contribution in [0.1, 0.15) is 34.3 Å². The molecule has 1 fully saturated rings. The monoisotopic (exact) mass is 481 g/mol. The fourth-order valence-electron chi connectivity index (χ4n) is 4.92. The zero-order chi connectivity index (χ0) is 24.6. The largest absolute Gasteiger partial charge is 0.478 e. The molecule has 2 aromatic carbocycles. The van der Waals surface area contributed by atoms with Crippen LogP contribution in [0.25, 0.3) is 17.0 Å². The van der Waals surface area contributed by atoms with Gasteiger partial charge in [-0.2, -0.15) is 10.2 Å². The van der Waals surface area contributed by atoms with Gasteiger partial charge in [-0.15, -0.1) is 0 Å². The van der Waals surface area contributed by atoms with Crippen molar-refractivity contribution in [3.05, 3.63) is 71.7 Å². The van der Waals surface area contributed by atoms with Gasteiger partial charge >= 0.3 is 5.97 Å². The lowest BCUT2D eigenvalue weighted by atomic mass is 10.1. The summed E-state index contributed by atoms with van der Waals surface area (Å²) in [4.78, 5) is 30.0. The van der Waals surface area contributed by atoms with E-state index in [1.165, 1.54) is 0 Å². The third-order valence-electron chi connectivity index (χ3n) is 6.74. The minimum absolute atomic E-state index is 0.267. The topological polar surface area (TPSA) is 120 Å². The van der Waals surface area contributed by atoms with Gasteiger partial charge in [0.25, 0.3) is 0 Å². The molecule has 6 rings (SSSR count). The van der Waals surface area contributed by atoms with Gasteiger partial charge in [-0.1, -0.05) is 12.1 Å². The molecule has 10 nitrogen and oxygen atoms in total. The summed E-state index contributed by atoms with van der Waals surface area (Å²) in [6.07, 6.45) is 5.30. The minimum Gasteiger partial charge on any atom is -0.478 e. The van der Waals surface area contributed by atoms with Crippen molar-refractivity contribution in [2.75, 3.05) is 29.7 Å². The fraction of sp³-hybridized carbons (Fsp3) is 0.269. The van der Waals surface area contributed by atoms with E-state index in [2.05, 4.69) is 25.8 Å². The maximum Gasteiger partial charge on any atom is 0.335 e. The van der Waals surface area contributed by atoms with Crippen LogP contribution in [0, 0.1) is 11.3 Å². The van der Waals surface area contributed by atoms with Crippen LogP contribution in [0.3, 0.4) is 0 Å². The van der Waals surface area contributed by atoms with Crippen LogP contribution < -0.4 is 9.80 Å². The molecule has 0 spiro atoms. The Balaban J connectivity index is 1.39. The third-order valence-corrected chi connectivity index (χ3v) is 6.74. The van der Waals surface area contributed by atoms with Crippen LogP contribution in [0.4, 0.5) is 11.5 Å². The van der Waals surface area contributed by atoms with Crippen molar-refractivity contribution in [1.82, 2.24) is 19.5 Å². The molecule has 36 heavy (non-hydrogen) atoms. The molecule has 4 heterocycles. The Hall–Kier alpha value is -4.49. The minimum atomic E-state index is -0.942. The molecular formula is C26H23N7O3. The SMILES string of the molecule is N#Cc1ccc2ncn(-c3ncc4c(n3)N(C3CCOCC3)CN4Cc3cccc(C(=O)O)c3)c2c1. The van der Waals surface area contributed by atoms with Gasteiger partial charge in [-0.25, -0.2) is 14.8 Å². The van der Waals surface area contributed by atoms with Crippen molar-refractivity contribution in [1.29, 1.82) is 5.26 Å². The number of imidazole rings is 1. The van der Waals surface area contributed by atoms with Crippen molar-refractivity contribution < 1.29 is 14.6 Å². The van der Waals surface area contributed by atoms with Crippen LogP contribution in [-0.4, -0.2) is 56.5 Å². The number of benzene rings is 2. The molecule has 2 aromatic heterocycles. The van der Waals surface area contributed by atoms with Gasteiger partial charge in [0.1, 0.15) is 12.0 Å². The van der Waals surface area contributed by atoms with Gasteiger partial charge in [0.2, 0.25) is 5.95 Å². The van der Waals surface area contributed by atoms with Crippen molar-refractivity contribution in [2.45, 2.75) is 25.4 Å². The Morgan fingerprint density at radius 1 is 1.17 bits per heavy atom. The number of nitrogens with zero attached hydrogens (tertiary/aromatic N) is 7. The van der Waals surface area contributed by atoms with Crippen molar-refractivity contribution in [3.63, 3.8) is 0 Å². The molecule has 2 aliphatic heterocycles. The summed E-state index contributed by atoms with van der Waals surface area (Å²) >= 11 is 0. The van der Waals surface area contributed by atoms with Crippen molar-refractivity contribution in [2.24, 2.45) is 0 Å². The molecule has 0 bridgehead atoms. The lowest BCUT2D eigenvalue weighted by Crippen LogP contribution is -2.42. The maximum atomic E-state index is 11.5.